The second kappa shape index (κ2) is 7.74. The van der Waals surface area contributed by atoms with E-state index in [0.29, 0.717) is 13.0 Å². The molecule has 0 aromatic rings. The van der Waals surface area contributed by atoms with E-state index in [2.05, 4.69) is 5.32 Å². The Kier molecular flexibility index (Phi) is 6.69. The van der Waals surface area contributed by atoms with Gasteiger partial charge in [0.25, 0.3) is 0 Å². The van der Waals surface area contributed by atoms with Gasteiger partial charge in [0.2, 0.25) is 0 Å². The van der Waals surface area contributed by atoms with Crippen LogP contribution in [0.3, 0.4) is 0 Å². The normalized spacial score (nSPS) is 21.2. The van der Waals surface area contributed by atoms with Gasteiger partial charge in [0, 0.05) is 12.5 Å². The van der Waals surface area contributed by atoms with Crippen molar-refractivity contribution in [3.8, 4) is 0 Å². The van der Waals surface area contributed by atoms with Crippen molar-refractivity contribution in [1.82, 2.24) is 5.32 Å². The summed E-state index contributed by atoms with van der Waals surface area (Å²) >= 11 is 0. The summed E-state index contributed by atoms with van der Waals surface area (Å²) in [6, 6.07) is 0. The van der Waals surface area contributed by atoms with Crippen LogP contribution in [0.4, 0.5) is 8.78 Å². The first-order valence-corrected chi connectivity index (χ1v) is 8.04. The minimum absolute atomic E-state index is 0.0444. The number of ether oxygens (including phenoxy) is 2. The molecule has 0 saturated carbocycles. The zero-order chi connectivity index (χ0) is 18.6. The Hall–Kier alpha value is -1.28. The van der Waals surface area contributed by atoms with E-state index in [1.54, 1.807) is 0 Å². The first-order valence-electron chi connectivity index (χ1n) is 8.04. The summed E-state index contributed by atoms with van der Waals surface area (Å²) in [6.07, 6.45) is 0.451. The van der Waals surface area contributed by atoms with E-state index < -0.39 is 47.8 Å². The molecule has 0 aromatic carbocycles. The van der Waals surface area contributed by atoms with Gasteiger partial charge in [0.1, 0.15) is 24.6 Å². The number of nitrogens with one attached hydrogen (secondary N) is 1. The van der Waals surface area contributed by atoms with Crippen LogP contribution in [0.25, 0.3) is 0 Å². The maximum atomic E-state index is 13.0. The number of carbonyl (C=O) groups excluding carboxylic acids is 2. The Balaban J connectivity index is 3.21. The largest absolute Gasteiger partial charge is 0.456 e. The molecule has 1 rings (SSSR count). The Morgan fingerprint density at radius 2 is 1.58 bits per heavy atom. The quantitative estimate of drug-likeness (QED) is 0.528. The standard InChI is InChI=1S/C16H28F2N2O4/c1-14(2,8-17)23-12(21)16(10-20-6-5-11(16)7-19)13(22)24-15(3,4)9-18/h11,20H,5-10,19H2,1-4H3. The average Bonchev–Trinajstić information content (AvgIpc) is 2.53. The van der Waals surface area contributed by atoms with Crippen LogP contribution >= 0.6 is 0 Å². The molecule has 1 atom stereocenters. The average molecular weight is 350 g/mol. The summed E-state index contributed by atoms with van der Waals surface area (Å²) in [5, 5.41) is 2.96. The van der Waals surface area contributed by atoms with Gasteiger partial charge in [-0.2, -0.15) is 0 Å². The van der Waals surface area contributed by atoms with Crippen molar-refractivity contribution in [2.75, 3.05) is 33.0 Å². The van der Waals surface area contributed by atoms with Crippen LogP contribution < -0.4 is 11.1 Å². The molecule has 0 aliphatic carbocycles. The monoisotopic (exact) mass is 350 g/mol. The third kappa shape index (κ3) is 4.42. The fourth-order valence-corrected chi connectivity index (χ4v) is 2.57. The second-order valence-electron chi connectivity index (χ2n) is 7.44. The van der Waals surface area contributed by atoms with Gasteiger partial charge in [-0.25, -0.2) is 8.78 Å². The van der Waals surface area contributed by atoms with Gasteiger partial charge >= 0.3 is 11.9 Å². The predicted molar refractivity (Wildman–Crippen MR) is 84.8 cm³/mol. The lowest BCUT2D eigenvalue weighted by Crippen LogP contribution is -2.61. The summed E-state index contributed by atoms with van der Waals surface area (Å²) < 4.78 is 36.5. The summed E-state index contributed by atoms with van der Waals surface area (Å²) in [5.74, 6) is -2.33. The molecule has 1 fully saturated rings. The molecule has 1 aliphatic heterocycles. The molecule has 0 spiro atoms. The van der Waals surface area contributed by atoms with Crippen molar-refractivity contribution in [3.63, 3.8) is 0 Å². The highest BCUT2D eigenvalue weighted by atomic mass is 19.1. The Morgan fingerprint density at radius 1 is 1.12 bits per heavy atom. The lowest BCUT2D eigenvalue weighted by atomic mass is 9.71. The zero-order valence-corrected chi connectivity index (χ0v) is 14.8. The molecular formula is C16H28F2N2O4. The number of piperidine rings is 1. The third-order valence-corrected chi connectivity index (χ3v) is 4.16. The lowest BCUT2D eigenvalue weighted by molar-refractivity contribution is -0.194. The lowest BCUT2D eigenvalue weighted by Gasteiger charge is -2.42. The van der Waals surface area contributed by atoms with E-state index in [9.17, 15) is 18.4 Å². The summed E-state index contributed by atoms with van der Waals surface area (Å²) in [6.45, 7) is 4.40. The Labute approximate surface area is 141 Å². The minimum atomic E-state index is -1.72. The van der Waals surface area contributed by atoms with Crippen LogP contribution in [0.5, 0.6) is 0 Å². The fourth-order valence-electron chi connectivity index (χ4n) is 2.57. The van der Waals surface area contributed by atoms with Crippen molar-refractivity contribution < 1.29 is 27.8 Å². The molecule has 0 radical (unpaired) electrons. The number of rotatable bonds is 7. The molecule has 1 aliphatic rings. The van der Waals surface area contributed by atoms with Gasteiger partial charge in [-0.3, -0.25) is 9.59 Å². The van der Waals surface area contributed by atoms with Crippen LogP contribution in [0.2, 0.25) is 0 Å². The number of nitrogens with two attached hydrogens (primary N) is 1. The number of hydrogen-bond donors (Lipinski definition) is 2. The van der Waals surface area contributed by atoms with Gasteiger partial charge < -0.3 is 20.5 Å². The number of carbonyl (C=O) groups is 2. The number of alkyl halides is 2. The van der Waals surface area contributed by atoms with E-state index in [0.717, 1.165) is 0 Å². The van der Waals surface area contributed by atoms with Crippen LogP contribution in [0.1, 0.15) is 34.1 Å². The molecule has 1 unspecified atom stereocenters. The molecule has 8 heteroatoms. The molecule has 6 nitrogen and oxygen atoms in total. The van der Waals surface area contributed by atoms with Crippen LogP contribution in [-0.4, -0.2) is 56.1 Å². The van der Waals surface area contributed by atoms with Gasteiger partial charge in [-0.05, 0) is 47.2 Å². The molecule has 24 heavy (non-hydrogen) atoms. The van der Waals surface area contributed by atoms with Crippen molar-refractivity contribution in [2.24, 2.45) is 17.1 Å². The number of halogens is 2. The van der Waals surface area contributed by atoms with Crippen LogP contribution in [-0.2, 0) is 19.1 Å². The first-order chi connectivity index (χ1) is 11.0. The predicted octanol–water partition coefficient (Wildman–Crippen LogP) is 1.12. The second-order valence-corrected chi connectivity index (χ2v) is 7.44. The molecule has 0 amide bonds. The summed E-state index contributed by atoms with van der Waals surface area (Å²) in [4.78, 5) is 25.6. The van der Waals surface area contributed by atoms with E-state index in [1.165, 1.54) is 27.7 Å². The number of hydrogen-bond acceptors (Lipinski definition) is 6. The first kappa shape index (κ1) is 20.8. The molecule has 1 heterocycles. The third-order valence-electron chi connectivity index (χ3n) is 4.16. The molecular weight excluding hydrogens is 322 g/mol. The topological polar surface area (TPSA) is 90.7 Å². The van der Waals surface area contributed by atoms with Crippen molar-refractivity contribution in [2.45, 2.75) is 45.3 Å². The molecule has 140 valence electrons. The van der Waals surface area contributed by atoms with Gasteiger partial charge in [0.15, 0.2) is 5.41 Å². The van der Waals surface area contributed by atoms with E-state index >= 15 is 0 Å². The molecule has 0 bridgehead atoms. The number of esters is 2. The van der Waals surface area contributed by atoms with E-state index in [1.807, 2.05) is 0 Å². The highest BCUT2D eigenvalue weighted by Crippen LogP contribution is 2.37. The SMILES string of the molecule is CC(C)(CF)OC(=O)C1(C(=O)OC(C)(C)CF)CNCCC1CN. The van der Waals surface area contributed by atoms with Crippen molar-refractivity contribution >= 4 is 11.9 Å². The molecule has 1 saturated heterocycles. The highest BCUT2D eigenvalue weighted by molar-refractivity contribution is 6.01. The van der Waals surface area contributed by atoms with Crippen molar-refractivity contribution in [3.05, 3.63) is 0 Å². The zero-order valence-electron chi connectivity index (χ0n) is 14.8. The van der Waals surface area contributed by atoms with Gasteiger partial charge in [0.05, 0.1) is 0 Å². The Morgan fingerprint density at radius 3 is 1.96 bits per heavy atom. The molecule has 3 N–H and O–H groups in total. The van der Waals surface area contributed by atoms with E-state index in [4.69, 9.17) is 15.2 Å². The highest BCUT2D eigenvalue weighted by Gasteiger charge is 2.57. The maximum absolute atomic E-state index is 13.0. The minimum Gasteiger partial charge on any atom is -0.456 e. The summed E-state index contributed by atoms with van der Waals surface area (Å²) in [5.41, 5.74) is 1.28. The van der Waals surface area contributed by atoms with Gasteiger partial charge in [-0.15, -0.1) is 0 Å². The van der Waals surface area contributed by atoms with Gasteiger partial charge in [-0.1, -0.05) is 0 Å². The fraction of sp³-hybridized carbons (Fsp3) is 0.875. The van der Waals surface area contributed by atoms with Crippen molar-refractivity contribution in [1.29, 1.82) is 0 Å². The smallest absolute Gasteiger partial charge is 0.325 e. The van der Waals surface area contributed by atoms with Crippen LogP contribution in [0.15, 0.2) is 0 Å². The maximum Gasteiger partial charge on any atom is 0.325 e. The van der Waals surface area contributed by atoms with Crippen LogP contribution in [0, 0.1) is 11.3 Å². The Bertz CT molecular complexity index is 439. The van der Waals surface area contributed by atoms with E-state index in [-0.39, 0.29) is 13.1 Å². The summed E-state index contributed by atoms with van der Waals surface area (Å²) in [7, 11) is 0. The molecule has 0 aromatic heterocycles.